The molecule has 0 spiro atoms. The Morgan fingerprint density at radius 3 is 2.44 bits per heavy atom. The summed E-state index contributed by atoms with van der Waals surface area (Å²) in [5.41, 5.74) is 3.68. The van der Waals surface area contributed by atoms with Crippen molar-refractivity contribution in [1.82, 2.24) is 4.98 Å². The highest BCUT2D eigenvalue weighted by molar-refractivity contribution is 5.79. The Hall–Kier alpha value is -1.89. The van der Waals surface area contributed by atoms with E-state index < -0.39 is 0 Å². The van der Waals surface area contributed by atoms with Crippen LogP contribution in [0.2, 0.25) is 0 Å². The maximum atomic E-state index is 4.17. The second kappa shape index (κ2) is 5.26. The number of allylic oxidation sites excluding steroid dienone is 1. The Morgan fingerprint density at radius 1 is 1.06 bits per heavy atom. The molecule has 0 bridgehead atoms. The maximum absolute atomic E-state index is 4.17. The summed E-state index contributed by atoms with van der Waals surface area (Å²) in [7, 11) is 0. The molecular weight excluding hydrogens is 194 g/mol. The molecule has 0 aliphatic rings. The van der Waals surface area contributed by atoms with Gasteiger partial charge in [-0.3, -0.25) is 4.98 Å². The van der Waals surface area contributed by atoms with Crippen molar-refractivity contribution in [3.05, 3.63) is 72.1 Å². The lowest BCUT2D eigenvalue weighted by atomic mass is 9.98. The summed E-state index contributed by atoms with van der Waals surface area (Å²) >= 11 is 0. The van der Waals surface area contributed by atoms with Gasteiger partial charge in [0.1, 0.15) is 0 Å². The number of benzene rings is 1. The minimum atomic E-state index is 1.03. The van der Waals surface area contributed by atoms with Crippen molar-refractivity contribution in [1.29, 1.82) is 0 Å². The SMILES string of the molecule is CC/C=C(/c1ccccc1)c1cccnc1. The Bertz CT molecular complexity index is 416. The molecule has 0 amide bonds. The molecule has 0 aliphatic heterocycles. The highest BCUT2D eigenvalue weighted by Crippen LogP contribution is 2.22. The van der Waals surface area contributed by atoms with Crippen LogP contribution < -0.4 is 0 Å². The highest BCUT2D eigenvalue weighted by atomic mass is 14.6. The van der Waals surface area contributed by atoms with E-state index in [2.05, 4.69) is 48.3 Å². The van der Waals surface area contributed by atoms with E-state index in [4.69, 9.17) is 0 Å². The average molecular weight is 209 g/mol. The van der Waals surface area contributed by atoms with Crippen molar-refractivity contribution in [3.8, 4) is 0 Å². The number of nitrogens with zero attached hydrogens (tertiary/aromatic N) is 1. The molecule has 0 atom stereocenters. The smallest absolute Gasteiger partial charge is 0.0346 e. The van der Waals surface area contributed by atoms with E-state index in [1.54, 1.807) is 6.20 Å². The maximum Gasteiger partial charge on any atom is 0.0346 e. The van der Waals surface area contributed by atoms with E-state index in [1.807, 2.05) is 18.3 Å². The van der Waals surface area contributed by atoms with Crippen LogP contribution in [0.3, 0.4) is 0 Å². The minimum absolute atomic E-state index is 1.03. The predicted octanol–water partition coefficient (Wildman–Crippen LogP) is 3.92. The molecule has 1 heterocycles. The van der Waals surface area contributed by atoms with Gasteiger partial charge < -0.3 is 0 Å². The fraction of sp³-hybridized carbons (Fsp3) is 0.133. The summed E-state index contributed by atoms with van der Waals surface area (Å²) < 4.78 is 0. The Morgan fingerprint density at radius 2 is 1.81 bits per heavy atom. The van der Waals surface area contributed by atoms with Crippen molar-refractivity contribution in [3.63, 3.8) is 0 Å². The van der Waals surface area contributed by atoms with Crippen molar-refractivity contribution >= 4 is 5.57 Å². The van der Waals surface area contributed by atoms with Crippen LogP contribution >= 0.6 is 0 Å². The molecule has 1 aromatic heterocycles. The van der Waals surface area contributed by atoms with E-state index in [1.165, 1.54) is 16.7 Å². The van der Waals surface area contributed by atoms with E-state index in [0.717, 1.165) is 6.42 Å². The molecule has 1 heteroatoms. The van der Waals surface area contributed by atoms with Gasteiger partial charge in [-0.2, -0.15) is 0 Å². The molecule has 0 saturated carbocycles. The molecule has 0 unspecified atom stereocenters. The summed E-state index contributed by atoms with van der Waals surface area (Å²) in [6, 6.07) is 14.5. The van der Waals surface area contributed by atoms with Crippen LogP contribution in [0.5, 0.6) is 0 Å². The summed E-state index contributed by atoms with van der Waals surface area (Å²) in [6.45, 7) is 2.15. The monoisotopic (exact) mass is 209 g/mol. The molecule has 1 nitrogen and oxygen atoms in total. The quantitative estimate of drug-likeness (QED) is 0.746. The lowest BCUT2D eigenvalue weighted by Gasteiger charge is -2.07. The van der Waals surface area contributed by atoms with Crippen LogP contribution in [-0.2, 0) is 0 Å². The molecule has 2 rings (SSSR count). The fourth-order valence-electron chi connectivity index (χ4n) is 1.75. The predicted molar refractivity (Wildman–Crippen MR) is 68.0 cm³/mol. The zero-order valence-corrected chi connectivity index (χ0v) is 9.43. The first-order valence-electron chi connectivity index (χ1n) is 5.58. The molecule has 0 aliphatic carbocycles. The van der Waals surface area contributed by atoms with Gasteiger partial charge in [0, 0.05) is 18.0 Å². The third-order valence-electron chi connectivity index (χ3n) is 2.47. The van der Waals surface area contributed by atoms with Crippen molar-refractivity contribution < 1.29 is 0 Å². The molecule has 0 fully saturated rings. The van der Waals surface area contributed by atoms with Crippen molar-refractivity contribution in [2.24, 2.45) is 0 Å². The molecule has 0 N–H and O–H groups in total. The average Bonchev–Trinajstić information content (AvgIpc) is 2.38. The van der Waals surface area contributed by atoms with Crippen LogP contribution in [0.4, 0.5) is 0 Å². The second-order valence-electron chi connectivity index (χ2n) is 3.63. The molecule has 0 radical (unpaired) electrons. The molecule has 0 saturated heterocycles. The van der Waals surface area contributed by atoms with Gasteiger partial charge in [-0.05, 0) is 23.6 Å². The third-order valence-corrected chi connectivity index (χ3v) is 2.47. The number of hydrogen-bond acceptors (Lipinski definition) is 1. The highest BCUT2D eigenvalue weighted by Gasteiger charge is 2.02. The normalized spacial score (nSPS) is 11.4. The summed E-state index contributed by atoms with van der Waals surface area (Å²) in [4.78, 5) is 4.17. The molecular formula is C15H15N. The van der Waals surface area contributed by atoms with Gasteiger partial charge in [0.05, 0.1) is 0 Å². The Kier molecular flexibility index (Phi) is 3.50. The first kappa shape index (κ1) is 10.6. The van der Waals surface area contributed by atoms with E-state index in [9.17, 15) is 0 Å². The van der Waals surface area contributed by atoms with E-state index in [-0.39, 0.29) is 0 Å². The van der Waals surface area contributed by atoms with Gasteiger partial charge >= 0.3 is 0 Å². The third kappa shape index (κ3) is 2.37. The van der Waals surface area contributed by atoms with Crippen LogP contribution in [0, 0.1) is 0 Å². The van der Waals surface area contributed by atoms with Crippen molar-refractivity contribution in [2.45, 2.75) is 13.3 Å². The molecule has 16 heavy (non-hydrogen) atoms. The van der Waals surface area contributed by atoms with Crippen LogP contribution in [-0.4, -0.2) is 4.98 Å². The van der Waals surface area contributed by atoms with Crippen LogP contribution in [0.1, 0.15) is 24.5 Å². The molecule has 2 aromatic rings. The van der Waals surface area contributed by atoms with Crippen LogP contribution in [0.15, 0.2) is 60.9 Å². The van der Waals surface area contributed by atoms with Gasteiger partial charge in [0.25, 0.3) is 0 Å². The first-order valence-corrected chi connectivity index (χ1v) is 5.58. The van der Waals surface area contributed by atoms with Gasteiger partial charge in [-0.1, -0.05) is 49.4 Å². The second-order valence-corrected chi connectivity index (χ2v) is 3.63. The fourth-order valence-corrected chi connectivity index (χ4v) is 1.75. The van der Waals surface area contributed by atoms with Crippen molar-refractivity contribution in [2.75, 3.05) is 0 Å². The zero-order chi connectivity index (χ0) is 11.2. The number of pyridine rings is 1. The molecule has 1 aromatic carbocycles. The number of hydrogen-bond donors (Lipinski definition) is 0. The van der Waals surface area contributed by atoms with E-state index >= 15 is 0 Å². The summed E-state index contributed by atoms with van der Waals surface area (Å²) in [5, 5.41) is 0. The topological polar surface area (TPSA) is 12.9 Å². The van der Waals surface area contributed by atoms with E-state index in [0.29, 0.717) is 0 Å². The number of rotatable bonds is 3. The standard InChI is InChI=1S/C15H15N/c1-2-7-15(13-8-4-3-5-9-13)14-10-6-11-16-12-14/h3-12H,2H2,1H3/b15-7-. The summed E-state index contributed by atoms with van der Waals surface area (Å²) in [5.74, 6) is 0. The molecule has 80 valence electrons. The largest absolute Gasteiger partial charge is 0.264 e. The zero-order valence-electron chi connectivity index (χ0n) is 9.43. The number of aromatic nitrogens is 1. The van der Waals surface area contributed by atoms with Gasteiger partial charge in [0.15, 0.2) is 0 Å². The Labute approximate surface area is 96.5 Å². The Balaban J connectivity index is 2.44. The lowest BCUT2D eigenvalue weighted by molar-refractivity contribution is 1.22. The lowest BCUT2D eigenvalue weighted by Crippen LogP contribution is -1.88. The van der Waals surface area contributed by atoms with Crippen LogP contribution in [0.25, 0.3) is 5.57 Å². The summed E-state index contributed by atoms with van der Waals surface area (Å²) in [6.07, 6.45) is 6.98. The minimum Gasteiger partial charge on any atom is -0.264 e. The van der Waals surface area contributed by atoms with Gasteiger partial charge in [0.2, 0.25) is 0 Å². The van der Waals surface area contributed by atoms with Gasteiger partial charge in [-0.15, -0.1) is 0 Å². The van der Waals surface area contributed by atoms with Gasteiger partial charge in [-0.25, -0.2) is 0 Å². The first-order chi connectivity index (χ1) is 7.92.